The molecule has 0 aliphatic heterocycles. The summed E-state index contributed by atoms with van der Waals surface area (Å²) in [5.74, 6) is 0.584. The molecular weight excluding hydrogens is 334 g/mol. The van der Waals surface area contributed by atoms with E-state index in [0.717, 1.165) is 0 Å². The van der Waals surface area contributed by atoms with Crippen LogP contribution in [0.4, 0.5) is 0 Å². The maximum atomic E-state index is 12.5. The molecule has 1 unspecified atom stereocenters. The zero-order valence-electron chi connectivity index (χ0n) is 13.6. The highest BCUT2D eigenvalue weighted by Gasteiger charge is 2.28. The van der Waals surface area contributed by atoms with Gasteiger partial charge in [-0.05, 0) is 51.1 Å². The number of benzene rings is 1. The van der Waals surface area contributed by atoms with Crippen LogP contribution in [-0.2, 0) is 20.8 Å². The molecule has 126 valence electrons. The van der Waals surface area contributed by atoms with Gasteiger partial charge in [0.1, 0.15) is 5.75 Å². The van der Waals surface area contributed by atoms with Gasteiger partial charge in [-0.2, -0.15) is 0 Å². The molecule has 0 amide bonds. The second kappa shape index (κ2) is 6.49. The molecule has 0 spiro atoms. The van der Waals surface area contributed by atoms with E-state index in [1.54, 1.807) is 18.2 Å². The van der Waals surface area contributed by atoms with Gasteiger partial charge in [0.05, 0.1) is 27.7 Å². The molecule has 1 aromatic carbocycles. The second-order valence-electron chi connectivity index (χ2n) is 6.11. The van der Waals surface area contributed by atoms with E-state index >= 15 is 0 Å². The third-order valence-corrected chi connectivity index (χ3v) is 6.57. The van der Waals surface area contributed by atoms with E-state index in [1.807, 2.05) is 26.8 Å². The highest BCUT2D eigenvalue weighted by atomic mass is 32.2. The van der Waals surface area contributed by atoms with Crippen molar-refractivity contribution < 1.29 is 17.4 Å². The summed E-state index contributed by atoms with van der Waals surface area (Å²) < 4.78 is 44.7. The van der Waals surface area contributed by atoms with Gasteiger partial charge in [-0.1, -0.05) is 6.08 Å². The van der Waals surface area contributed by atoms with Crippen LogP contribution in [0.5, 0.6) is 5.75 Å². The van der Waals surface area contributed by atoms with E-state index in [4.69, 9.17) is 4.74 Å². The molecule has 1 aliphatic rings. The lowest BCUT2D eigenvalue weighted by Crippen LogP contribution is -2.27. The van der Waals surface area contributed by atoms with Crippen LogP contribution in [0.3, 0.4) is 0 Å². The van der Waals surface area contributed by atoms with Gasteiger partial charge in [0, 0.05) is 16.9 Å². The Labute approximate surface area is 139 Å². The smallest absolute Gasteiger partial charge is 0.261 e. The van der Waals surface area contributed by atoms with Crippen molar-refractivity contribution in [3.63, 3.8) is 0 Å². The van der Waals surface area contributed by atoms with Crippen molar-refractivity contribution in [3.8, 4) is 5.75 Å². The van der Waals surface area contributed by atoms with Gasteiger partial charge in [-0.25, -0.2) is 8.42 Å². The predicted octanol–water partition coefficient (Wildman–Crippen LogP) is 2.69. The van der Waals surface area contributed by atoms with E-state index in [1.165, 1.54) is 19.2 Å². The first-order valence-electron chi connectivity index (χ1n) is 7.13. The summed E-state index contributed by atoms with van der Waals surface area (Å²) in [6.45, 7) is 5.58. The predicted molar refractivity (Wildman–Crippen MR) is 92.0 cm³/mol. The fraction of sp³-hybridized carbons (Fsp3) is 0.375. The SMILES string of the molecule is COc1ccc(S(=O)(=O)NC2=C(S(=O)C(C)(C)C)C=CC2)cc1. The van der Waals surface area contributed by atoms with E-state index in [-0.39, 0.29) is 4.90 Å². The van der Waals surface area contributed by atoms with Gasteiger partial charge >= 0.3 is 0 Å². The Balaban J connectivity index is 2.30. The first-order valence-corrected chi connectivity index (χ1v) is 9.77. The molecule has 0 heterocycles. The van der Waals surface area contributed by atoms with E-state index in [0.29, 0.717) is 22.8 Å². The monoisotopic (exact) mass is 355 g/mol. The molecule has 0 fully saturated rings. The van der Waals surface area contributed by atoms with E-state index < -0.39 is 25.6 Å². The Morgan fingerprint density at radius 3 is 2.30 bits per heavy atom. The Morgan fingerprint density at radius 2 is 1.78 bits per heavy atom. The molecule has 23 heavy (non-hydrogen) atoms. The standard InChI is InChI=1S/C16H21NO4S2/c1-16(2,3)22(18)15-7-5-6-14(15)17-23(19,20)13-10-8-12(21-4)9-11-13/h5,7-11,17H,6H2,1-4H3. The van der Waals surface area contributed by atoms with Gasteiger partial charge in [0.2, 0.25) is 0 Å². The number of nitrogens with one attached hydrogen (secondary N) is 1. The maximum absolute atomic E-state index is 12.5. The molecule has 5 nitrogen and oxygen atoms in total. The molecular formula is C16H21NO4S2. The average Bonchev–Trinajstić information content (AvgIpc) is 2.92. The zero-order valence-corrected chi connectivity index (χ0v) is 15.3. The molecule has 0 saturated heterocycles. The lowest BCUT2D eigenvalue weighted by Gasteiger charge is -2.19. The minimum atomic E-state index is -3.72. The van der Waals surface area contributed by atoms with Crippen molar-refractivity contribution in [2.45, 2.75) is 36.8 Å². The third-order valence-electron chi connectivity index (χ3n) is 3.27. The summed E-state index contributed by atoms with van der Waals surface area (Å²) in [6.07, 6.45) is 3.96. The van der Waals surface area contributed by atoms with Crippen LogP contribution in [0.25, 0.3) is 0 Å². The summed E-state index contributed by atoms with van der Waals surface area (Å²) in [5, 5.41) is 0. The molecule has 1 N–H and O–H groups in total. The van der Waals surface area contributed by atoms with Crippen molar-refractivity contribution in [1.29, 1.82) is 0 Å². The summed E-state index contributed by atoms with van der Waals surface area (Å²) in [4.78, 5) is 0.674. The molecule has 2 rings (SSSR count). The number of ether oxygens (including phenoxy) is 1. The highest BCUT2D eigenvalue weighted by Crippen LogP contribution is 2.28. The molecule has 1 aromatic rings. The average molecular weight is 355 g/mol. The van der Waals surface area contributed by atoms with Crippen LogP contribution < -0.4 is 9.46 Å². The van der Waals surface area contributed by atoms with Crippen molar-refractivity contribution >= 4 is 20.8 Å². The largest absolute Gasteiger partial charge is 0.497 e. The fourth-order valence-corrected chi connectivity index (χ4v) is 4.49. The van der Waals surface area contributed by atoms with Gasteiger partial charge in [0.25, 0.3) is 10.0 Å². The molecule has 1 atom stereocenters. The van der Waals surface area contributed by atoms with Crippen LogP contribution in [0, 0.1) is 0 Å². The molecule has 7 heteroatoms. The Bertz CT molecular complexity index is 769. The van der Waals surface area contributed by atoms with Crippen molar-refractivity contribution in [3.05, 3.63) is 47.0 Å². The molecule has 0 aromatic heterocycles. The van der Waals surface area contributed by atoms with Crippen molar-refractivity contribution in [2.24, 2.45) is 0 Å². The number of hydrogen-bond donors (Lipinski definition) is 1. The third kappa shape index (κ3) is 4.03. The van der Waals surface area contributed by atoms with Gasteiger partial charge in [-0.15, -0.1) is 0 Å². The minimum absolute atomic E-state index is 0.138. The summed E-state index contributed by atoms with van der Waals surface area (Å²) in [5.41, 5.74) is 0.467. The van der Waals surface area contributed by atoms with Crippen LogP contribution in [0.2, 0.25) is 0 Å². The van der Waals surface area contributed by atoms with Gasteiger partial charge in [-0.3, -0.25) is 8.93 Å². The van der Waals surface area contributed by atoms with Crippen LogP contribution in [0.15, 0.2) is 51.9 Å². The van der Waals surface area contributed by atoms with Crippen LogP contribution >= 0.6 is 0 Å². The highest BCUT2D eigenvalue weighted by molar-refractivity contribution is 7.91. The maximum Gasteiger partial charge on any atom is 0.261 e. The minimum Gasteiger partial charge on any atom is -0.497 e. The van der Waals surface area contributed by atoms with Crippen LogP contribution in [0.1, 0.15) is 27.2 Å². The topological polar surface area (TPSA) is 72.5 Å². The van der Waals surface area contributed by atoms with Crippen LogP contribution in [-0.4, -0.2) is 24.5 Å². The zero-order chi connectivity index (χ0) is 17.3. The van der Waals surface area contributed by atoms with Crippen molar-refractivity contribution in [1.82, 2.24) is 4.72 Å². The molecule has 0 saturated carbocycles. The number of sulfonamides is 1. The molecule has 1 aliphatic carbocycles. The number of methoxy groups -OCH3 is 1. The second-order valence-corrected chi connectivity index (χ2v) is 10.00. The van der Waals surface area contributed by atoms with Gasteiger partial charge < -0.3 is 4.74 Å². The molecule has 0 radical (unpaired) electrons. The van der Waals surface area contributed by atoms with Crippen molar-refractivity contribution in [2.75, 3.05) is 7.11 Å². The Morgan fingerprint density at radius 1 is 1.17 bits per heavy atom. The number of rotatable bonds is 5. The van der Waals surface area contributed by atoms with E-state index in [9.17, 15) is 12.6 Å². The lowest BCUT2D eigenvalue weighted by molar-refractivity contribution is 0.414. The summed E-state index contributed by atoms with van der Waals surface area (Å²) in [7, 11) is -3.49. The number of hydrogen-bond acceptors (Lipinski definition) is 4. The Kier molecular flexibility index (Phi) is 5.01. The quantitative estimate of drug-likeness (QED) is 0.881. The first kappa shape index (κ1) is 17.7. The fourth-order valence-electron chi connectivity index (χ4n) is 2.06. The van der Waals surface area contributed by atoms with E-state index in [2.05, 4.69) is 4.72 Å². The first-order chi connectivity index (χ1) is 10.6. The summed E-state index contributed by atoms with van der Waals surface area (Å²) in [6, 6.07) is 6.13. The van der Waals surface area contributed by atoms with Gasteiger partial charge in [0.15, 0.2) is 0 Å². The number of allylic oxidation sites excluding steroid dienone is 2. The lowest BCUT2D eigenvalue weighted by atomic mass is 10.3. The Hall–Kier alpha value is -1.60. The molecule has 0 bridgehead atoms. The normalized spacial score (nSPS) is 16.5. The summed E-state index contributed by atoms with van der Waals surface area (Å²) >= 11 is 0.